The quantitative estimate of drug-likeness (QED) is 0.432. The van der Waals surface area contributed by atoms with Crippen LogP contribution in [0.1, 0.15) is 28.3 Å². The average Bonchev–Trinajstić information content (AvgIpc) is 3.56. The summed E-state index contributed by atoms with van der Waals surface area (Å²) in [6.45, 7) is 1.34. The number of anilines is 2. The zero-order chi connectivity index (χ0) is 22.4. The van der Waals surface area contributed by atoms with Gasteiger partial charge < -0.3 is 10.2 Å². The molecule has 6 rings (SSSR count). The highest BCUT2D eigenvalue weighted by atomic mass is 16.1. The van der Waals surface area contributed by atoms with Gasteiger partial charge in [0.15, 0.2) is 5.65 Å². The summed E-state index contributed by atoms with van der Waals surface area (Å²) in [6, 6.07) is 13.8. The number of H-pyrrole nitrogens is 1. The molecule has 1 amide bonds. The maximum absolute atomic E-state index is 12.7. The molecule has 0 radical (unpaired) electrons. The summed E-state index contributed by atoms with van der Waals surface area (Å²) in [5.41, 5.74) is 5.28. The molecule has 164 valence electrons. The van der Waals surface area contributed by atoms with Crippen LogP contribution in [0.25, 0.3) is 22.1 Å². The van der Waals surface area contributed by atoms with Crippen LogP contribution in [0.15, 0.2) is 55.0 Å². The second-order valence-electron chi connectivity index (χ2n) is 8.16. The summed E-state index contributed by atoms with van der Waals surface area (Å²) in [5, 5.41) is 19.1. The minimum absolute atomic E-state index is 0.110. The largest absolute Gasteiger partial charge is 0.352 e. The predicted molar refractivity (Wildman–Crippen MR) is 123 cm³/mol. The first kappa shape index (κ1) is 19.4. The molecule has 4 heterocycles. The van der Waals surface area contributed by atoms with Crippen molar-refractivity contribution in [3.8, 4) is 0 Å². The Morgan fingerprint density at radius 1 is 1.21 bits per heavy atom. The summed E-state index contributed by atoms with van der Waals surface area (Å²) < 4.78 is 1.69. The van der Waals surface area contributed by atoms with Crippen LogP contribution in [0.4, 0.5) is 11.5 Å². The van der Waals surface area contributed by atoms with Gasteiger partial charge in [0.05, 0.1) is 17.1 Å². The van der Waals surface area contributed by atoms with Crippen LogP contribution < -0.4 is 10.2 Å². The number of aromatic nitrogens is 7. The fraction of sp³-hybridized carbons (Fsp3) is 0.217. The summed E-state index contributed by atoms with van der Waals surface area (Å²) in [7, 11) is 1.83. The van der Waals surface area contributed by atoms with Gasteiger partial charge in [-0.1, -0.05) is 23.4 Å². The second kappa shape index (κ2) is 7.66. The topological polar surface area (TPSA) is 118 Å². The van der Waals surface area contributed by atoms with Crippen LogP contribution in [-0.2, 0) is 7.05 Å². The van der Waals surface area contributed by atoms with Crippen LogP contribution >= 0.6 is 0 Å². The molecule has 0 bridgehead atoms. The van der Waals surface area contributed by atoms with Crippen molar-refractivity contribution in [3.05, 3.63) is 66.1 Å². The minimum atomic E-state index is -0.110. The van der Waals surface area contributed by atoms with E-state index in [9.17, 15) is 4.79 Å². The molecule has 5 aromatic rings. The SMILES string of the molecule is Cn1nnc2cc(C(=O)NCCC3CN(c4ncnc5[nH]ncc45)c4ccccc43)ccc21. The number of hydrogen-bond donors (Lipinski definition) is 2. The first-order valence-corrected chi connectivity index (χ1v) is 10.8. The summed E-state index contributed by atoms with van der Waals surface area (Å²) in [6.07, 6.45) is 4.13. The lowest BCUT2D eigenvalue weighted by Crippen LogP contribution is -2.26. The molecule has 0 saturated carbocycles. The molecular weight excluding hydrogens is 418 g/mol. The van der Waals surface area contributed by atoms with Gasteiger partial charge in [0.1, 0.15) is 17.7 Å². The molecule has 1 atom stereocenters. The summed E-state index contributed by atoms with van der Waals surface area (Å²) in [4.78, 5) is 23.7. The standard InChI is InChI=1S/C23H21N9O/c1-31-20-7-6-14(10-18(20)28-30-31)23(33)24-9-8-15-12-32(19-5-3-2-4-16(15)19)22-17-11-27-29-21(17)25-13-26-22/h2-7,10-11,13,15H,8-9,12H2,1H3,(H,24,33)(H,25,26,27,29). The Hall–Kier alpha value is -4.34. The fourth-order valence-electron chi connectivity index (χ4n) is 4.55. The lowest BCUT2D eigenvalue weighted by atomic mass is 9.98. The Bertz CT molecular complexity index is 1490. The maximum atomic E-state index is 12.7. The highest BCUT2D eigenvalue weighted by molar-refractivity contribution is 5.97. The smallest absolute Gasteiger partial charge is 0.251 e. The first-order chi connectivity index (χ1) is 16.2. The molecule has 0 saturated heterocycles. The van der Waals surface area contributed by atoms with Gasteiger partial charge in [0.25, 0.3) is 5.91 Å². The predicted octanol–water partition coefficient (Wildman–Crippen LogP) is 2.69. The average molecular weight is 439 g/mol. The third kappa shape index (κ3) is 3.27. The van der Waals surface area contributed by atoms with Gasteiger partial charge in [-0.15, -0.1) is 5.10 Å². The molecule has 0 fully saturated rings. The molecule has 1 aliphatic heterocycles. The number of fused-ring (bicyclic) bond motifs is 3. The normalized spacial score (nSPS) is 15.3. The van der Waals surface area contributed by atoms with E-state index in [0.29, 0.717) is 23.3 Å². The van der Waals surface area contributed by atoms with E-state index in [-0.39, 0.29) is 11.8 Å². The van der Waals surface area contributed by atoms with E-state index in [4.69, 9.17) is 0 Å². The Morgan fingerprint density at radius 3 is 3.06 bits per heavy atom. The molecule has 2 aromatic carbocycles. The Balaban J connectivity index is 1.18. The van der Waals surface area contributed by atoms with E-state index in [1.165, 1.54) is 5.56 Å². The number of hydrogen-bond acceptors (Lipinski definition) is 7. The van der Waals surface area contributed by atoms with Crippen molar-refractivity contribution >= 4 is 39.5 Å². The molecule has 2 N–H and O–H groups in total. The van der Waals surface area contributed by atoms with Gasteiger partial charge >= 0.3 is 0 Å². The van der Waals surface area contributed by atoms with E-state index in [2.05, 4.69) is 58.9 Å². The van der Waals surface area contributed by atoms with Crippen molar-refractivity contribution in [2.75, 3.05) is 18.0 Å². The maximum Gasteiger partial charge on any atom is 0.251 e. The molecule has 3 aromatic heterocycles. The van der Waals surface area contributed by atoms with Gasteiger partial charge in [-0.3, -0.25) is 9.89 Å². The molecule has 10 nitrogen and oxygen atoms in total. The van der Waals surface area contributed by atoms with Gasteiger partial charge in [-0.05, 0) is 36.2 Å². The van der Waals surface area contributed by atoms with E-state index in [1.807, 2.05) is 19.2 Å². The number of rotatable bonds is 5. The number of carbonyl (C=O) groups excluding carboxylic acids is 1. The van der Waals surface area contributed by atoms with E-state index in [1.54, 1.807) is 29.3 Å². The zero-order valence-electron chi connectivity index (χ0n) is 17.9. The van der Waals surface area contributed by atoms with E-state index in [0.717, 1.165) is 35.4 Å². The third-order valence-corrected chi connectivity index (χ3v) is 6.20. The van der Waals surface area contributed by atoms with Crippen LogP contribution in [-0.4, -0.2) is 54.2 Å². The van der Waals surface area contributed by atoms with Crippen LogP contribution in [0, 0.1) is 0 Å². The highest BCUT2D eigenvalue weighted by Crippen LogP contribution is 2.42. The van der Waals surface area contributed by atoms with Crippen LogP contribution in [0.5, 0.6) is 0 Å². The number of benzene rings is 2. The highest BCUT2D eigenvalue weighted by Gasteiger charge is 2.31. The van der Waals surface area contributed by atoms with Crippen molar-refractivity contribution < 1.29 is 4.79 Å². The van der Waals surface area contributed by atoms with Crippen molar-refractivity contribution in [2.24, 2.45) is 7.05 Å². The number of aromatic amines is 1. The van der Waals surface area contributed by atoms with Gasteiger partial charge in [0.2, 0.25) is 0 Å². The monoisotopic (exact) mass is 439 g/mol. The van der Waals surface area contributed by atoms with Crippen molar-refractivity contribution in [2.45, 2.75) is 12.3 Å². The molecule has 1 aliphatic rings. The lowest BCUT2D eigenvalue weighted by Gasteiger charge is -2.19. The number of aryl methyl sites for hydroxylation is 1. The number of amides is 1. The van der Waals surface area contributed by atoms with E-state index >= 15 is 0 Å². The van der Waals surface area contributed by atoms with Gasteiger partial charge in [-0.2, -0.15) is 5.10 Å². The van der Waals surface area contributed by atoms with Crippen molar-refractivity contribution in [1.29, 1.82) is 0 Å². The molecule has 10 heteroatoms. The van der Waals surface area contributed by atoms with Gasteiger partial charge in [-0.25, -0.2) is 14.6 Å². The van der Waals surface area contributed by atoms with Crippen molar-refractivity contribution in [1.82, 2.24) is 40.5 Å². The molecular formula is C23H21N9O. The summed E-state index contributed by atoms with van der Waals surface area (Å²) in [5.74, 6) is 0.993. The zero-order valence-corrected chi connectivity index (χ0v) is 17.9. The third-order valence-electron chi connectivity index (χ3n) is 6.20. The molecule has 0 spiro atoms. The fourth-order valence-corrected chi connectivity index (χ4v) is 4.55. The van der Waals surface area contributed by atoms with Gasteiger partial charge in [0, 0.05) is 37.3 Å². The molecule has 33 heavy (non-hydrogen) atoms. The number of nitrogens with zero attached hydrogens (tertiary/aromatic N) is 7. The Morgan fingerprint density at radius 2 is 2.12 bits per heavy atom. The van der Waals surface area contributed by atoms with Crippen molar-refractivity contribution in [3.63, 3.8) is 0 Å². The Labute approximate surface area is 188 Å². The first-order valence-electron chi connectivity index (χ1n) is 10.8. The molecule has 0 aliphatic carbocycles. The lowest BCUT2D eigenvalue weighted by molar-refractivity contribution is 0.0952. The second-order valence-corrected chi connectivity index (χ2v) is 8.16. The minimum Gasteiger partial charge on any atom is -0.352 e. The van der Waals surface area contributed by atoms with Crippen LogP contribution in [0.2, 0.25) is 0 Å². The number of para-hydroxylation sites is 1. The number of nitrogens with one attached hydrogen (secondary N) is 2. The number of carbonyl (C=O) groups is 1. The Kier molecular flexibility index (Phi) is 4.49. The van der Waals surface area contributed by atoms with Crippen LogP contribution in [0.3, 0.4) is 0 Å². The van der Waals surface area contributed by atoms with E-state index < -0.39 is 0 Å². The summed E-state index contributed by atoms with van der Waals surface area (Å²) >= 11 is 0. The molecule has 1 unspecified atom stereocenters.